The van der Waals surface area contributed by atoms with Gasteiger partial charge in [-0.3, -0.25) is 19.1 Å². The van der Waals surface area contributed by atoms with Crippen LogP contribution >= 0.6 is 22.9 Å². The van der Waals surface area contributed by atoms with Gasteiger partial charge in [-0.1, -0.05) is 22.9 Å². The van der Waals surface area contributed by atoms with Crippen molar-refractivity contribution in [3.05, 3.63) is 32.9 Å². The Bertz CT molecular complexity index is 811. The third kappa shape index (κ3) is 4.35. The summed E-state index contributed by atoms with van der Waals surface area (Å²) in [6, 6.07) is 5.38. The van der Waals surface area contributed by atoms with Gasteiger partial charge in [0.05, 0.1) is 10.2 Å². The molecule has 0 spiro atoms. The molecule has 1 aliphatic rings. The van der Waals surface area contributed by atoms with Crippen LogP contribution in [-0.2, 0) is 4.79 Å². The van der Waals surface area contributed by atoms with E-state index in [1.54, 1.807) is 16.7 Å². The number of thiazole rings is 1. The van der Waals surface area contributed by atoms with E-state index in [2.05, 4.69) is 28.8 Å². The molecule has 0 N–H and O–H groups in total. The van der Waals surface area contributed by atoms with E-state index < -0.39 is 6.17 Å². The van der Waals surface area contributed by atoms with E-state index in [9.17, 15) is 9.59 Å². The van der Waals surface area contributed by atoms with Gasteiger partial charge in [0.25, 0.3) is 0 Å². The number of benzene rings is 1. The van der Waals surface area contributed by atoms with Crippen LogP contribution in [0.1, 0.15) is 12.6 Å². The van der Waals surface area contributed by atoms with E-state index in [-0.39, 0.29) is 4.87 Å². The monoisotopic (exact) mass is 396 g/mol. The first kappa shape index (κ1) is 19.5. The van der Waals surface area contributed by atoms with Gasteiger partial charge in [0.1, 0.15) is 6.17 Å². The highest BCUT2D eigenvalue weighted by Crippen LogP contribution is 2.25. The van der Waals surface area contributed by atoms with Crippen LogP contribution in [0, 0.1) is 0 Å². The van der Waals surface area contributed by atoms with Gasteiger partial charge in [0.2, 0.25) is 0 Å². The van der Waals surface area contributed by atoms with Gasteiger partial charge in [0, 0.05) is 31.2 Å². The summed E-state index contributed by atoms with van der Waals surface area (Å²) in [5.41, 5.74) is 0.734. The second kappa shape index (κ2) is 8.63. The molecule has 6 nitrogen and oxygen atoms in total. The molecule has 1 aliphatic heterocycles. The van der Waals surface area contributed by atoms with Crippen LogP contribution in [0.5, 0.6) is 0 Å². The molecule has 1 aromatic heterocycles. The molecule has 1 fully saturated rings. The molecule has 0 aliphatic carbocycles. The molecule has 0 bridgehead atoms. The minimum absolute atomic E-state index is 0.118. The van der Waals surface area contributed by atoms with Gasteiger partial charge >= 0.3 is 4.87 Å². The predicted molar refractivity (Wildman–Crippen MR) is 107 cm³/mol. The number of hydrogen-bond acceptors (Lipinski definition) is 6. The number of aromatic nitrogens is 1. The Kier molecular flexibility index (Phi) is 6.47. The summed E-state index contributed by atoms with van der Waals surface area (Å²) >= 11 is 7.26. The van der Waals surface area contributed by atoms with Crippen LogP contribution in [0.3, 0.4) is 0 Å². The second-order valence-electron chi connectivity index (χ2n) is 6.93. The average Bonchev–Trinajstić information content (AvgIpc) is 2.92. The molecule has 1 atom stereocenters. The molecule has 0 amide bonds. The summed E-state index contributed by atoms with van der Waals surface area (Å²) < 4.78 is 2.44. The van der Waals surface area contributed by atoms with E-state index in [0.29, 0.717) is 5.02 Å². The number of fused-ring (bicyclic) bond motifs is 1. The van der Waals surface area contributed by atoms with E-state index in [4.69, 9.17) is 11.6 Å². The van der Waals surface area contributed by atoms with Gasteiger partial charge in [-0.2, -0.15) is 0 Å². The molecule has 1 unspecified atom stereocenters. The van der Waals surface area contributed by atoms with Crippen LogP contribution in [0.15, 0.2) is 23.0 Å². The molecule has 0 radical (unpaired) electrons. The van der Waals surface area contributed by atoms with Crippen LogP contribution in [0.4, 0.5) is 0 Å². The van der Waals surface area contributed by atoms with Crippen LogP contribution in [0.2, 0.25) is 5.02 Å². The number of carbonyl (C=O) groups excluding carboxylic acids is 1. The quantitative estimate of drug-likeness (QED) is 0.670. The Morgan fingerprint density at radius 2 is 2.00 bits per heavy atom. The van der Waals surface area contributed by atoms with Crippen molar-refractivity contribution >= 4 is 39.4 Å². The lowest BCUT2D eigenvalue weighted by molar-refractivity contribution is -0.116. The zero-order valence-electron chi connectivity index (χ0n) is 15.2. The molecule has 2 heterocycles. The number of halogens is 1. The standard InChI is InChI=1S/C18H25ClN4O2S/c1-20(2)6-3-7-21-8-10-22(11-9-21)17(13-24)23-15-12-14(19)4-5-16(15)26-18(23)25/h4-5,12-13,17H,3,6-11H2,1-2H3. The van der Waals surface area contributed by atoms with E-state index >= 15 is 0 Å². The summed E-state index contributed by atoms with van der Waals surface area (Å²) in [5.74, 6) is 0. The molecule has 1 saturated heterocycles. The summed E-state index contributed by atoms with van der Waals surface area (Å²) in [6.45, 7) is 5.51. The van der Waals surface area contributed by atoms with Gasteiger partial charge in [-0.15, -0.1) is 0 Å². The molecule has 2 aromatic rings. The number of carbonyl (C=O) groups is 1. The largest absolute Gasteiger partial charge is 0.309 e. The predicted octanol–water partition coefficient (Wildman–Crippen LogP) is 1.98. The number of rotatable bonds is 7. The number of hydrogen-bond donors (Lipinski definition) is 0. The van der Waals surface area contributed by atoms with Gasteiger partial charge in [-0.25, -0.2) is 0 Å². The Balaban J connectivity index is 1.71. The van der Waals surface area contributed by atoms with Crippen molar-refractivity contribution in [3.63, 3.8) is 0 Å². The summed E-state index contributed by atoms with van der Waals surface area (Å²) in [5, 5.41) is 0.569. The van der Waals surface area contributed by atoms with Crippen molar-refractivity contribution < 1.29 is 4.79 Å². The highest BCUT2D eigenvalue weighted by molar-refractivity contribution is 7.16. The maximum Gasteiger partial charge on any atom is 0.309 e. The highest BCUT2D eigenvalue weighted by atomic mass is 35.5. The molecule has 1 aromatic carbocycles. The van der Waals surface area contributed by atoms with Crippen molar-refractivity contribution in [3.8, 4) is 0 Å². The summed E-state index contributed by atoms with van der Waals surface area (Å²) in [6.07, 6.45) is 1.44. The highest BCUT2D eigenvalue weighted by Gasteiger charge is 2.27. The first-order valence-electron chi connectivity index (χ1n) is 8.86. The third-order valence-corrected chi connectivity index (χ3v) is 5.99. The van der Waals surface area contributed by atoms with Crippen molar-refractivity contribution in [1.29, 1.82) is 0 Å². The van der Waals surface area contributed by atoms with Gasteiger partial charge < -0.3 is 9.80 Å². The van der Waals surface area contributed by atoms with Crippen molar-refractivity contribution in [2.24, 2.45) is 0 Å². The molecule has 26 heavy (non-hydrogen) atoms. The first-order chi connectivity index (χ1) is 12.5. The molecule has 8 heteroatoms. The molecular formula is C18H25ClN4O2S. The average molecular weight is 397 g/mol. The van der Waals surface area contributed by atoms with E-state index in [0.717, 1.165) is 73.5 Å². The normalized spacial score (nSPS) is 17.8. The van der Waals surface area contributed by atoms with Crippen LogP contribution in [0.25, 0.3) is 10.2 Å². The van der Waals surface area contributed by atoms with Gasteiger partial charge in [-0.05, 0) is 51.8 Å². The lowest BCUT2D eigenvalue weighted by Gasteiger charge is -2.37. The second-order valence-corrected chi connectivity index (χ2v) is 8.36. The third-order valence-electron chi connectivity index (χ3n) is 4.82. The van der Waals surface area contributed by atoms with E-state index in [1.165, 1.54) is 0 Å². The zero-order chi connectivity index (χ0) is 18.7. The maximum atomic E-state index is 12.5. The maximum absolute atomic E-state index is 12.5. The van der Waals surface area contributed by atoms with Crippen molar-refractivity contribution in [2.45, 2.75) is 12.6 Å². The van der Waals surface area contributed by atoms with Crippen LogP contribution in [-0.4, -0.2) is 78.9 Å². The minimum Gasteiger partial charge on any atom is -0.309 e. The van der Waals surface area contributed by atoms with Crippen molar-refractivity contribution in [2.75, 3.05) is 53.4 Å². The lowest BCUT2D eigenvalue weighted by atomic mass is 10.2. The van der Waals surface area contributed by atoms with Gasteiger partial charge in [0.15, 0.2) is 6.29 Å². The zero-order valence-corrected chi connectivity index (χ0v) is 16.8. The van der Waals surface area contributed by atoms with Crippen LogP contribution < -0.4 is 4.87 Å². The lowest BCUT2D eigenvalue weighted by Crippen LogP contribution is -2.50. The fourth-order valence-corrected chi connectivity index (χ4v) is 4.49. The molecular weight excluding hydrogens is 372 g/mol. The molecule has 142 valence electrons. The topological polar surface area (TPSA) is 48.8 Å². The Morgan fingerprint density at radius 1 is 1.27 bits per heavy atom. The Morgan fingerprint density at radius 3 is 2.65 bits per heavy atom. The molecule has 0 saturated carbocycles. The fourth-order valence-electron chi connectivity index (χ4n) is 3.43. The SMILES string of the molecule is CN(C)CCCN1CCN(C(C=O)n2c(=O)sc3ccc(Cl)cc32)CC1. The Labute approximate surface area is 162 Å². The summed E-state index contributed by atoms with van der Waals surface area (Å²) in [7, 11) is 4.17. The number of nitrogens with zero attached hydrogens (tertiary/aromatic N) is 4. The Hall–Kier alpha value is -1.25. The number of aldehydes is 1. The van der Waals surface area contributed by atoms with E-state index in [1.807, 2.05) is 6.07 Å². The number of piperazine rings is 1. The summed E-state index contributed by atoms with van der Waals surface area (Å²) in [4.78, 5) is 30.9. The van der Waals surface area contributed by atoms with Crippen molar-refractivity contribution in [1.82, 2.24) is 19.3 Å². The fraction of sp³-hybridized carbons (Fsp3) is 0.556. The molecule has 3 rings (SSSR count). The smallest absolute Gasteiger partial charge is 0.309 e. The minimum atomic E-state index is -0.571. The first-order valence-corrected chi connectivity index (χ1v) is 10.1.